The molecule has 0 saturated carbocycles. The molecule has 1 fully saturated rings. The second kappa shape index (κ2) is 9.63. The van der Waals surface area contributed by atoms with Crippen molar-refractivity contribution >= 4 is 17.7 Å². The Balaban J connectivity index is 2.19. The molecule has 0 radical (unpaired) electrons. The normalized spacial score (nSPS) is 24.4. The first-order chi connectivity index (χ1) is 10.4. The fraction of sp³-hybridized carbons (Fsp3) is 0.938. The standard InChI is InChI=1S/C16H34N4OS/c1-13-10-20(11-14(2)21-13)9-7-8-18-15(17-5)19-12-16(3,4)22-6/h13-14H,7-12H2,1-6H3,(H2,17,18,19). The summed E-state index contributed by atoms with van der Waals surface area (Å²) in [7, 11) is 1.83. The van der Waals surface area contributed by atoms with Crippen molar-refractivity contribution in [3.05, 3.63) is 0 Å². The highest BCUT2D eigenvalue weighted by Gasteiger charge is 2.21. The van der Waals surface area contributed by atoms with Gasteiger partial charge in [-0.3, -0.25) is 9.89 Å². The van der Waals surface area contributed by atoms with E-state index < -0.39 is 0 Å². The fourth-order valence-electron chi connectivity index (χ4n) is 2.57. The van der Waals surface area contributed by atoms with Gasteiger partial charge in [0.2, 0.25) is 0 Å². The number of hydrogen-bond acceptors (Lipinski definition) is 4. The lowest BCUT2D eigenvalue weighted by Crippen LogP contribution is -2.47. The van der Waals surface area contributed by atoms with Crippen LogP contribution in [-0.4, -0.2) is 73.8 Å². The Kier molecular flexibility index (Phi) is 8.57. The minimum Gasteiger partial charge on any atom is -0.373 e. The van der Waals surface area contributed by atoms with Crippen LogP contribution in [0.15, 0.2) is 4.99 Å². The van der Waals surface area contributed by atoms with Gasteiger partial charge < -0.3 is 15.4 Å². The Labute approximate surface area is 140 Å². The molecule has 0 aromatic heterocycles. The zero-order valence-electron chi connectivity index (χ0n) is 15.1. The zero-order valence-corrected chi connectivity index (χ0v) is 15.9. The van der Waals surface area contributed by atoms with E-state index >= 15 is 0 Å². The molecule has 1 saturated heterocycles. The van der Waals surface area contributed by atoms with Crippen molar-refractivity contribution in [3.63, 3.8) is 0 Å². The van der Waals surface area contributed by atoms with Crippen LogP contribution in [0.3, 0.4) is 0 Å². The molecule has 0 spiro atoms. The molecule has 5 nitrogen and oxygen atoms in total. The summed E-state index contributed by atoms with van der Waals surface area (Å²) in [6.45, 7) is 13.8. The third-order valence-electron chi connectivity index (χ3n) is 3.90. The lowest BCUT2D eigenvalue weighted by atomic mass is 10.2. The predicted octanol–water partition coefficient (Wildman–Crippen LogP) is 1.79. The molecule has 130 valence electrons. The number of rotatable bonds is 7. The highest BCUT2D eigenvalue weighted by Crippen LogP contribution is 2.19. The summed E-state index contributed by atoms with van der Waals surface area (Å²) in [5, 5.41) is 6.80. The van der Waals surface area contributed by atoms with Crippen LogP contribution in [0.5, 0.6) is 0 Å². The number of aliphatic imine (C=N–C) groups is 1. The van der Waals surface area contributed by atoms with Crippen LogP contribution in [0.2, 0.25) is 0 Å². The van der Waals surface area contributed by atoms with Crippen molar-refractivity contribution in [3.8, 4) is 0 Å². The number of morpholine rings is 1. The fourth-order valence-corrected chi connectivity index (χ4v) is 2.78. The molecular weight excluding hydrogens is 296 g/mol. The topological polar surface area (TPSA) is 48.9 Å². The summed E-state index contributed by atoms with van der Waals surface area (Å²) in [4.78, 5) is 6.78. The minimum absolute atomic E-state index is 0.220. The lowest BCUT2D eigenvalue weighted by Gasteiger charge is -2.35. The Hall–Kier alpha value is -0.460. The van der Waals surface area contributed by atoms with Gasteiger partial charge >= 0.3 is 0 Å². The number of guanidine groups is 1. The number of nitrogens with zero attached hydrogens (tertiary/aromatic N) is 2. The van der Waals surface area contributed by atoms with Crippen LogP contribution in [0.1, 0.15) is 34.1 Å². The van der Waals surface area contributed by atoms with Crippen molar-refractivity contribution in [2.45, 2.75) is 51.1 Å². The van der Waals surface area contributed by atoms with Crippen LogP contribution < -0.4 is 10.6 Å². The highest BCUT2D eigenvalue weighted by atomic mass is 32.2. The monoisotopic (exact) mass is 330 g/mol. The molecule has 0 aliphatic carbocycles. The first-order valence-electron chi connectivity index (χ1n) is 8.24. The van der Waals surface area contributed by atoms with Gasteiger partial charge in [0, 0.05) is 44.5 Å². The van der Waals surface area contributed by atoms with Crippen molar-refractivity contribution in [1.29, 1.82) is 0 Å². The maximum Gasteiger partial charge on any atom is 0.191 e. The predicted molar refractivity (Wildman–Crippen MR) is 98.0 cm³/mol. The van der Waals surface area contributed by atoms with Gasteiger partial charge in [0.05, 0.1) is 12.2 Å². The van der Waals surface area contributed by atoms with Gasteiger partial charge in [-0.25, -0.2) is 0 Å². The third-order valence-corrected chi connectivity index (χ3v) is 5.15. The Morgan fingerprint density at radius 2 is 1.91 bits per heavy atom. The minimum atomic E-state index is 0.220. The summed E-state index contributed by atoms with van der Waals surface area (Å²) in [5.41, 5.74) is 0. The van der Waals surface area contributed by atoms with Crippen LogP contribution >= 0.6 is 11.8 Å². The molecule has 1 aliphatic heterocycles. The third kappa shape index (κ3) is 7.70. The Morgan fingerprint density at radius 3 is 2.45 bits per heavy atom. The summed E-state index contributed by atoms with van der Waals surface area (Å²) < 4.78 is 5.98. The second-order valence-corrected chi connectivity index (χ2v) is 8.20. The SMILES string of the molecule is CN=C(NCCCN1CC(C)OC(C)C1)NCC(C)(C)SC. The quantitative estimate of drug-likeness (QED) is 0.423. The number of nitrogens with one attached hydrogen (secondary N) is 2. The summed E-state index contributed by atoms with van der Waals surface area (Å²) in [6, 6.07) is 0. The molecule has 2 N–H and O–H groups in total. The molecule has 0 bridgehead atoms. The number of ether oxygens (including phenoxy) is 1. The Morgan fingerprint density at radius 1 is 1.27 bits per heavy atom. The molecule has 0 aromatic rings. The van der Waals surface area contributed by atoms with Crippen LogP contribution in [0, 0.1) is 0 Å². The lowest BCUT2D eigenvalue weighted by molar-refractivity contribution is -0.0679. The number of hydrogen-bond donors (Lipinski definition) is 2. The van der Waals surface area contributed by atoms with E-state index in [0.29, 0.717) is 12.2 Å². The van der Waals surface area contributed by atoms with Crippen molar-refractivity contribution in [2.75, 3.05) is 46.0 Å². The average Bonchev–Trinajstić information content (AvgIpc) is 2.45. The molecular formula is C16H34N4OS. The Bertz CT molecular complexity index is 339. The second-order valence-electron chi connectivity index (χ2n) is 6.69. The molecule has 1 rings (SSSR count). The molecule has 2 unspecified atom stereocenters. The van der Waals surface area contributed by atoms with E-state index in [1.54, 1.807) is 0 Å². The molecule has 0 amide bonds. The van der Waals surface area contributed by atoms with Gasteiger partial charge in [0.15, 0.2) is 5.96 Å². The van der Waals surface area contributed by atoms with Gasteiger partial charge in [-0.2, -0.15) is 11.8 Å². The van der Waals surface area contributed by atoms with Crippen molar-refractivity contribution in [2.24, 2.45) is 4.99 Å². The van der Waals surface area contributed by atoms with E-state index in [2.05, 4.69) is 54.5 Å². The molecule has 6 heteroatoms. The average molecular weight is 331 g/mol. The molecule has 1 heterocycles. The van der Waals surface area contributed by atoms with Crippen molar-refractivity contribution < 1.29 is 4.74 Å². The maximum atomic E-state index is 5.76. The van der Waals surface area contributed by atoms with Crippen LogP contribution in [0.4, 0.5) is 0 Å². The highest BCUT2D eigenvalue weighted by molar-refractivity contribution is 7.99. The van der Waals surface area contributed by atoms with E-state index in [-0.39, 0.29) is 4.75 Å². The van der Waals surface area contributed by atoms with E-state index in [0.717, 1.165) is 45.1 Å². The largest absolute Gasteiger partial charge is 0.373 e. The van der Waals surface area contributed by atoms with Gasteiger partial charge in [-0.1, -0.05) is 0 Å². The van der Waals surface area contributed by atoms with E-state index in [1.807, 2.05) is 18.8 Å². The first-order valence-corrected chi connectivity index (χ1v) is 9.46. The maximum absolute atomic E-state index is 5.76. The summed E-state index contributed by atoms with van der Waals surface area (Å²) in [5.74, 6) is 0.894. The van der Waals surface area contributed by atoms with Gasteiger partial charge in [-0.15, -0.1) is 0 Å². The van der Waals surface area contributed by atoms with Gasteiger partial charge in [0.1, 0.15) is 0 Å². The van der Waals surface area contributed by atoms with E-state index in [1.165, 1.54) is 0 Å². The van der Waals surface area contributed by atoms with Crippen LogP contribution in [0.25, 0.3) is 0 Å². The van der Waals surface area contributed by atoms with Gasteiger partial charge in [-0.05, 0) is 40.4 Å². The molecule has 1 aliphatic rings. The summed E-state index contributed by atoms with van der Waals surface area (Å²) >= 11 is 1.86. The number of thioether (sulfide) groups is 1. The van der Waals surface area contributed by atoms with E-state index in [9.17, 15) is 0 Å². The molecule has 2 atom stereocenters. The zero-order chi connectivity index (χ0) is 16.6. The van der Waals surface area contributed by atoms with E-state index in [4.69, 9.17) is 4.74 Å². The van der Waals surface area contributed by atoms with Crippen LogP contribution in [-0.2, 0) is 4.74 Å². The summed E-state index contributed by atoms with van der Waals surface area (Å²) in [6.07, 6.45) is 3.95. The first kappa shape index (κ1) is 19.6. The van der Waals surface area contributed by atoms with Crippen molar-refractivity contribution in [1.82, 2.24) is 15.5 Å². The van der Waals surface area contributed by atoms with Gasteiger partial charge in [0.25, 0.3) is 0 Å². The smallest absolute Gasteiger partial charge is 0.191 e. The molecule has 0 aromatic carbocycles. The molecule has 22 heavy (non-hydrogen) atoms.